The highest BCUT2D eigenvalue weighted by molar-refractivity contribution is 5.80. The van der Waals surface area contributed by atoms with Crippen LogP contribution in [0.1, 0.15) is 41.0 Å². The van der Waals surface area contributed by atoms with Gasteiger partial charge in [-0.15, -0.1) is 0 Å². The molecule has 1 aliphatic rings. The van der Waals surface area contributed by atoms with Crippen molar-refractivity contribution in [2.45, 2.75) is 59.4 Å². The molecule has 0 aliphatic carbocycles. The standard InChI is InChI=1S/C16H32N2O3/c1-12(2)6-9-20-15(5)16(19)17-7-8-18-10-13(3)21-14(4)11-18/h12-15H,6-11H2,1-5H3,(H,17,19)/t13-,14-,15+/m0/s1. The van der Waals surface area contributed by atoms with Gasteiger partial charge in [0.2, 0.25) is 5.91 Å². The summed E-state index contributed by atoms with van der Waals surface area (Å²) in [5.74, 6) is 0.582. The summed E-state index contributed by atoms with van der Waals surface area (Å²) >= 11 is 0. The summed E-state index contributed by atoms with van der Waals surface area (Å²) in [5, 5.41) is 2.95. The van der Waals surface area contributed by atoms with Gasteiger partial charge < -0.3 is 14.8 Å². The first-order chi connectivity index (χ1) is 9.88. The highest BCUT2D eigenvalue weighted by atomic mass is 16.5. The van der Waals surface area contributed by atoms with Crippen molar-refractivity contribution in [2.75, 3.05) is 32.8 Å². The van der Waals surface area contributed by atoms with E-state index in [2.05, 4.69) is 37.9 Å². The summed E-state index contributed by atoms with van der Waals surface area (Å²) in [5.41, 5.74) is 0. The van der Waals surface area contributed by atoms with E-state index < -0.39 is 0 Å². The molecule has 1 fully saturated rings. The number of hydrogen-bond donors (Lipinski definition) is 1. The summed E-state index contributed by atoms with van der Waals surface area (Å²) in [6.45, 7) is 14.3. The third-order valence-corrected chi connectivity index (χ3v) is 3.65. The zero-order valence-corrected chi connectivity index (χ0v) is 14.2. The van der Waals surface area contributed by atoms with E-state index >= 15 is 0 Å². The Kier molecular flexibility index (Phi) is 8.22. The lowest BCUT2D eigenvalue weighted by Gasteiger charge is -2.35. The molecule has 5 nitrogen and oxygen atoms in total. The number of rotatable bonds is 8. The fraction of sp³-hybridized carbons (Fsp3) is 0.938. The highest BCUT2D eigenvalue weighted by Crippen LogP contribution is 2.09. The molecule has 3 atom stereocenters. The zero-order chi connectivity index (χ0) is 15.8. The molecule has 1 aliphatic heterocycles. The number of carbonyl (C=O) groups excluding carboxylic acids is 1. The van der Waals surface area contributed by atoms with Crippen LogP contribution in [-0.4, -0.2) is 61.9 Å². The summed E-state index contributed by atoms with van der Waals surface area (Å²) in [6.07, 6.45) is 1.15. The lowest BCUT2D eigenvalue weighted by atomic mass is 10.1. The molecule has 0 aromatic heterocycles. The molecule has 1 N–H and O–H groups in total. The van der Waals surface area contributed by atoms with Crippen LogP contribution in [0.25, 0.3) is 0 Å². The maximum atomic E-state index is 11.9. The van der Waals surface area contributed by atoms with E-state index in [4.69, 9.17) is 9.47 Å². The normalized spacial score (nSPS) is 25.0. The Morgan fingerprint density at radius 3 is 2.48 bits per heavy atom. The van der Waals surface area contributed by atoms with Gasteiger partial charge in [-0.1, -0.05) is 13.8 Å². The molecule has 1 heterocycles. The van der Waals surface area contributed by atoms with E-state index in [1.54, 1.807) is 0 Å². The van der Waals surface area contributed by atoms with E-state index in [9.17, 15) is 4.79 Å². The number of ether oxygens (including phenoxy) is 2. The van der Waals surface area contributed by atoms with Crippen LogP contribution in [0.15, 0.2) is 0 Å². The van der Waals surface area contributed by atoms with Crippen molar-refractivity contribution >= 4 is 5.91 Å². The van der Waals surface area contributed by atoms with E-state index in [0.717, 1.165) is 26.1 Å². The fourth-order valence-corrected chi connectivity index (χ4v) is 2.50. The Labute approximate surface area is 129 Å². The molecule has 0 saturated carbocycles. The predicted molar refractivity (Wildman–Crippen MR) is 84.3 cm³/mol. The van der Waals surface area contributed by atoms with Crippen LogP contribution in [-0.2, 0) is 14.3 Å². The van der Waals surface area contributed by atoms with E-state index in [-0.39, 0.29) is 24.2 Å². The van der Waals surface area contributed by atoms with Gasteiger partial charge in [-0.25, -0.2) is 0 Å². The van der Waals surface area contributed by atoms with Gasteiger partial charge in [-0.3, -0.25) is 9.69 Å². The molecule has 1 saturated heterocycles. The van der Waals surface area contributed by atoms with Gasteiger partial charge in [0.1, 0.15) is 6.10 Å². The predicted octanol–water partition coefficient (Wildman–Crippen LogP) is 1.66. The highest BCUT2D eigenvalue weighted by Gasteiger charge is 2.22. The quantitative estimate of drug-likeness (QED) is 0.741. The zero-order valence-electron chi connectivity index (χ0n) is 14.2. The van der Waals surface area contributed by atoms with Crippen molar-refractivity contribution in [1.29, 1.82) is 0 Å². The molecule has 124 valence electrons. The smallest absolute Gasteiger partial charge is 0.248 e. The summed E-state index contributed by atoms with van der Waals surface area (Å²) < 4.78 is 11.2. The average Bonchev–Trinajstić information content (AvgIpc) is 2.36. The molecule has 5 heteroatoms. The van der Waals surface area contributed by atoms with Crippen molar-refractivity contribution in [3.8, 4) is 0 Å². The van der Waals surface area contributed by atoms with Gasteiger partial charge in [-0.05, 0) is 33.1 Å². The topological polar surface area (TPSA) is 50.8 Å². The van der Waals surface area contributed by atoms with Crippen molar-refractivity contribution in [2.24, 2.45) is 5.92 Å². The van der Waals surface area contributed by atoms with Crippen LogP contribution in [0, 0.1) is 5.92 Å². The SMILES string of the molecule is CC(C)CCO[C@H](C)C(=O)NCCN1C[C@H](C)O[C@@H](C)C1. The van der Waals surface area contributed by atoms with Crippen LogP contribution >= 0.6 is 0 Å². The van der Waals surface area contributed by atoms with Crippen molar-refractivity contribution in [1.82, 2.24) is 10.2 Å². The minimum Gasteiger partial charge on any atom is -0.373 e. The van der Waals surface area contributed by atoms with Crippen molar-refractivity contribution in [3.05, 3.63) is 0 Å². The maximum absolute atomic E-state index is 11.9. The lowest BCUT2D eigenvalue weighted by molar-refractivity contribution is -0.132. The van der Waals surface area contributed by atoms with Gasteiger partial charge in [0.25, 0.3) is 0 Å². The minimum absolute atomic E-state index is 0.0203. The first-order valence-electron chi connectivity index (χ1n) is 8.15. The first kappa shape index (κ1) is 18.4. The second-order valence-corrected chi connectivity index (χ2v) is 6.50. The molecule has 0 aromatic rings. The summed E-state index contributed by atoms with van der Waals surface area (Å²) in [4.78, 5) is 14.2. The molecule has 0 radical (unpaired) electrons. The number of carbonyl (C=O) groups is 1. The monoisotopic (exact) mass is 300 g/mol. The van der Waals surface area contributed by atoms with E-state index in [1.165, 1.54) is 0 Å². The molecule has 1 amide bonds. The number of nitrogens with zero attached hydrogens (tertiary/aromatic N) is 1. The summed E-state index contributed by atoms with van der Waals surface area (Å²) in [6, 6.07) is 0. The molecule has 0 bridgehead atoms. The lowest BCUT2D eigenvalue weighted by Crippen LogP contribution is -2.48. The number of nitrogens with one attached hydrogen (secondary N) is 1. The fourth-order valence-electron chi connectivity index (χ4n) is 2.50. The Morgan fingerprint density at radius 2 is 1.90 bits per heavy atom. The van der Waals surface area contributed by atoms with Crippen LogP contribution < -0.4 is 5.32 Å². The van der Waals surface area contributed by atoms with E-state index in [0.29, 0.717) is 19.1 Å². The molecule has 0 aromatic carbocycles. The Morgan fingerprint density at radius 1 is 1.29 bits per heavy atom. The molecule has 0 unspecified atom stereocenters. The molecule has 0 spiro atoms. The Bertz CT molecular complexity index is 300. The van der Waals surface area contributed by atoms with Gasteiger partial charge in [-0.2, -0.15) is 0 Å². The maximum Gasteiger partial charge on any atom is 0.248 e. The number of morpholine rings is 1. The number of hydrogen-bond acceptors (Lipinski definition) is 4. The van der Waals surface area contributed by atoms with Crippen LogP contribution in [0.3, 0.4) is 0 Å². The number of amides is 1. The van der Waals surface area contributed by atoms with E-state index in [1.807, 2.05) is 6.92 Å². The Hall–Kier alpha value is -0.650. The minimum atomic E-state index is -0.369. The molecule has 21 heavy (non-hydrogen) atoms. The van der Waals surface area contributed by atoms with Crippen LogP contribution in [0.4, 0.5) is 0 Å². The molecular weight excluding hydrogens is 268 g/mol. The second kappa shape index (κ2) is 9.38. The third-order valence-electron chi connectivity index (χ3n) is 3.65. The average molecular weight is 300 g/mol. The Balaban J connectivity index is 2.14. The summed E-state index contributed by atoms with van der Waals surface area (Å²) in [7, 11) is 0. The van der Waals surface area contributed by atoms with Gasteiger partial charge in [0.15, 0.2) is 0 Å². The van der Waals surface area contributed by atoms with Crippen molar-refractivity contribution < 1.29 is 14.3 Å². The van der Waals surface area contributed by atoms with Crippen LogP contribution in [0.5, 0.6) is 0 Å². The van der Waals surface area contributed by atoms with Gasteiger partial charge in [0, 0.05) is 32.8 Å². The van der Waals surface area contributed by atoms with Crippen LogP contribution in [0.2, 0.25) is 0 Å². The van der Waals surface area contributed by atoms with Crippen molar-refractivity contribution in [3.63, 3.8) is 0 Å². The first-order valence-corrected chi connectivity index (χ1v) is 8.15. The molecular formula is C16H32N2O3. The van der Waals surface area contributed by atoms with Gasteiger partial charge >= 0.3 is 0 Å². The third kappa shape index (κ3) is 7.79. The van der Waals surface area contributed by atoms with Gasteiger partial charge in [0.05, 0.1) is 12.2 Å². The second-order valence-electron chi connectivity index (χ2n) is 6.50. The largest absolute Gasteiger partial charge is 0.373 e. The molecule has 1 rings (SSSR count).